The highest BCUT2D eigenvalue weighted by Gasteiger charge is 2.31. The molecule has 0 saturated carbocycles. The van der Waals surface area contributed by atoms with Crippen LogP contribution in [-0.4, -0.2) is 71.8 Å². The summed E-state index contributed by atoms with van der Waals surface area (Å²) in [6.07, 6.45) is 4.52. The minimum Gasteiger partial charge on any atom is -0.497 e. The first-order valence-corrected chi connectivity index (χ1v) is 14.8. The zero-order valence-corrected chi connectivity index (χ0v) is 24.9. The molecule has 0 unspecified atom stereocenters. The zero-order valence-electron chi connectivity index (χ0n) is 23.3. The van der Waals surface area contributed by atoms with Gasteiger partial charge in [-0.2, -0.15) is 0 Å². The van der Waals surface area contributed by atoms with Crippen molar-refractivity contribution in [3.8, 4) is 5.75 Å². The Bertz CT molecular complexity index is 1190. The fourth-order valence-electron chi connectivity index (χ4n) is 4.08. The molecule has 0 aromatic heterocycles. The van der Waals surface area contributed by atoms with Gasteiger partial charge in [0.2, 0.25) is 5.91 Å². The molecule has 1 heterocycles. The number of carbonyl (C=O) groups excluding carboxylic acids is 3. The largest absolute Gasteiger partial charge is 0.497 e. The SMILES string of the molecule is CCN(CC)CCOC(=O)c1ccc(NC(=O)CCCCCN2C(=O)SC(=Cc3ccc(OC)cc3)C2=S)cc1. The van der Waals surface area contributed by atoms with E-state index in [0.29, 0.717) is 48.8 Å². The molecule has 1 saturated heterocycles. The second kappa shape index (κ2) is 16.2. The van der Waals surface area contributed by atoms with E-state index >= 15 is 0 Å². The van der Waals surface area contributed by atoms with Gasteiger partial charge in [0, 0.05) is 25.2 Å². The van der Waals surface area contributed by atoms with Gasteiger partial charge in [-0.1, -0.05) is 44.6 Å². The van der Waals surface area contributed by atoms with Gasteiger partial charge < -0.3 is 19.7 Å². The molecule has 2 aromatic carbocycles. The summed E-state index contributed by atoms with van der Waals surface area (Å²) < 4.78 is 10.5. The second-order valence-corrected chi connectivity index (χ2v) is 10.6. The number of methoxy groups -OCH3 is 1. The first kappa shape index (κ1) is 31.3. The number of carbonyl (C=O) groups is 3. The van der Waals surface area contributed by atoms with Crippen LogP contribution in [0.1, 0.15) is 55.5 Å². The number of esters is 1. The minimum atomic E-state index is -0.372. The molecule has 214 valence electrons. The Hall–Kier alpha value is -3.21. The highest BCUT2D eigenvalue weighted by molar-refractivity contribution is 8.19. The van der Waals surface area contributed by atoms with Gasteiger partial charge in [-0.05, 0) is 85.7 Å². The van der Waals surface area contributed by atoms with Gasteiger partial charge >= 0.3 is 5.97 Å². The van der Waals surface area contributed by atoms with E-state index in [9.17, 15) is 14.4 Å². The number of nitrogens with one attached hydrogen (secondary N) is 1. The van der Waals surface area contributed by atoms with Gasteiger partial charge in [-0.25, -0.2) is 4.79 Å². The highest BCUT2D eigenvalue weighted by Crippen LogP contribution is 2.33. The molecule has 1 aliphatic heterocycles. The highest BCUT2D eigenvalue weighted by atomic mass is 32.2. The van der Waals surface area contributed by atoms with Crippen LogP contribution in [0.2, 0.25) is 0 Å². The van der Waals surface area contributed by atoms with Crippen LogP contribution in [0.4, 0.5) is 10.5 Å². The fraction of sp³-hybridized carbons (Fsp3) is 0.400. The van der Waals surface area contributed by atoms with Crippen molar-refractivity contribution in [2.24, 2.45) is 0 Å². The Balaban J connectivity index is 1.35. The number of amides is 2. The number of rotatable bonds is 15. The van der Waals surface area contributed by atoms with E-state index in [-0.39, 0.29) is 17.1 Å². The molecule has 1 N–H and O–H groups in total. The third kappa shape index (κ3) is 9.46. The summed E-state index contributed by atoms with van der Waals surface area (Å²) in [5, 5.41) is 2.79. The summed E-state index contributed by atoms with van der Waals surface area (Å²) in [5.41, 5.74) is 2.03. The fourth-order valence-corrected chi connectivity index (χ4v) is 5.37. The van der Waals surface area contributed by atoms with Crippen LogP contribution < -0.4 is 10.1 Å². The number of nitrogens with zero attached hydrogens (tertiary/aromatic N) is 2. The molecule has 0 aliphatic carbocycles. The third-order valence-corrected chi connectivity index (χ3v) is 8.01. The number of hydrogen-bond acceptors (Lipinski definition) is 8. The molecule has 0 radical (unpaired) electrons. The number of hydrogen-bond donors (Lipinski definition) is 1. The van der Waals surface area contributed by atoms with E-state index in [1.165, 1.54) is 0 Å². The summed E-state index contributed by atoms with van der Waals surface area (Å²) in [5.74, 6) is 0.303. The maximum Gasteiger partial charge on any atom is 0.338 e. The molecule has 2 amide bonds. The Morgan fingerprint density at radius 3 is 2.38 bits per heavy atom. The lowest BCUT2D eigenvalue weighted by atomic mass is 10.1. The van der Waals surface area contributed by atoms with Crippen LogP contribution >= 0.6 is 24.0 Å². The topological polar surface area (TPSA) is 88.2 Å². The number of benzene rings is 2. The molecule has 0 atom stereocenters. The maximum absolute atomic E-state index is 12.5. The Kier molecular flexibility index (Phi) is 12.6. The first-order valence-electron chi connectivity index (χ1n) is 13.5. The lowest BCUT2D eigenvalue weighted by Gasteiger charge is -2.17. The lowest BCUT2D eigenvalue weighted by Crippen LogP contribution is -2.28. The Morgan fingerprint density at radius 1 is 1.02 bits per heavy atom. The van der Waals surface area contributed by atoms with Crippen LogP contribution in [0, 0.1) is 0 Å². The van der Waals surface area contributed by atoms with E-state index in [4.69, 9.17) is 21.7 Å². The molecule has 1 aliphatic rings. The molecule has 2 aromatic rings. The van der Waals surface area contributed by atoms with Crippen molar-refractivity contribution in [1.29, 1.82) is 0 Å². The van der Waals surface area contributed by atoms with Gasteiger partial charge in [-0.3, -0.25) is 14.5 Å². The van der Waals surface area contributed by atoms with Gasteiger partial charge in [0.1, 0.15) is 17.3 Å². The number of thiocarbonyl (C=S) groups is 1. The number of ether oxygens (including phenoxy) is 2. The van der Waals surface area contributed by atoms with Crippen LogP contribution in [0.15, 0.2) is 53.4 Å². The summed E-state index contributed by atoms with van der Waals surface area (Å²) in [4.78, 5) is 42.2. The normalized spacial score (nSPS) is 14.2. The zero-order chi connectivity index (χ0) is 28.9. The number of anilines is 1. The quantitative estimate of drug-likeness (QED) is 0.114. The first-order chi connectivity index (χ1) is 19.3. The second-order valence-electron chi connectivity index (χ2n) is 9.21. The summed E-state index contributed by atoms with van der Waals surface area (Å²) in [6, 6.07) is 14.3. The molecule has 0 spiro atoms. The molecule has 0 bridgehead atoms. The monoisotopic (exact) mass is 583 g/mol. The summed E-state index contributed by atoms with van der Waals surface area (Å²) in [7, 11) is 1.62. The number of thioether (sulfide) groups is 1. The van der Waals surface area contributed by atoms with Gasteiger partial charge in [-0.15, -0.1) is 0 Å². The minimum absolute atomic E-state index is 0.0706. The predicted molar refractivity (Wildman–Crippen MR) is 165 cm³/mol. The van der Waals surface area contributed by atoms with Crippen LogP contribution in [0.3, 0.4) is 0 Å². The lowest BCUT2D eigenvalue weighted by molar-refractivity contribution is -0.116. The number of likely N-dealkylation sites (N-methyl/N-ethyl adjacent to an activating group) is 1. The van der Waals surface area contributed by atoms with Crippen molar-refractivity contribution >= 4 is 57.8 Å². The third-order valence-electron chi connectivity index (χ3n) is 6.51. The average Bonchev–Trinajstić information content (AvgIpc) is 3.23. The molecule has 8 nitrogen and oxygen atoms in total. The standard InChI is InChI=1S/C30H37N3O5S2/c1-4-32(5-2)19-20-38-29(35)23-12-14-24(15-13-23)31-27(34)9-7-6-8-18-33-28(39)26(40-30(33)36)21-22-10-16-25(37-3)17-11-22/h10-17,21H,4-9,18-20H2,1-3H3,(H,31,34). The van der Waals surface area contributed by atoms with Gasteiger partial charge in [0.05, 0.1) is 17.6 Å². The van der Waals surface area contributed by atoms with Crippen molar-refractivity contribution in [3.05, 3.63) is 64.6 Å². The van der Waals surface area contributed by atoms with Crippen molar-refractivity contribution < 1.29 is 23.9 Å². The van der Waals surface area contributed by atoms with E-state index in [2.05, 4.69) is 24.1 Å². The molecule has 40 heavy (non-hydrogen) atoms. The van der Waals surface area contributed by atoms with E-state index in [0.717, 1.165) is 53.9 Å². The molecule has 1 fully saturated rings. The maximum atomic E-state index is 12.5. The van der Waals surface area contributed by atoms with Crippen LogP contribution in [0.25, 0.3) is 6.08 Å². The van der Waals surface area contributed by atoms with Crippen LogP contribution in [-0.2, 0) is 9.53 Å². The van der Waals surface area contributed by atoms with Crippen LogP contribution in [0.5, 0.6) is 5.75 Å². The molecular formula is C30H37N3O5S2. The van der Waals surface area contributed by atoms with Gasteiger partial charge in [0.15, 0.2) is 0 Å². The van der Waals surface area contributed by atoms with Crippen molar-refractivity contribution in [1.82, 2.24) is 9.80 Å². The van der Waals surface area contributed by atoms with Gasteiger partial charge in [0.25, 0.3) is 5.24 Å². The van der Waals surface area contributed by atoms with E-state index in [1.807, 2.05) is 30.3 Å². The van der Waals surface area contributed by atoms with E-state index in [1.54, 1.807) is 36.3 Å². The predicted octanol–water partition coefficient (Wildman–Crippen LogP) is 6.23. The van der Waals surface area contributed by atoms with Crippen molar-refractivity contribution in [3.63, 3.8) is 0 Å². The Labute approximate surface area is 246 Å². The average molecular weight is 584 g/mol. The van der Waals surface area contributed by atoms with E-state index < -0.39 is 0 Å². The summed E-state index contributed by atoms with van der Waals surface area (Å²) >= 11 is 6.69. The molecule has 10 heteroatoms. The Morgan fingerprint density at radius 2 is 1.73 bits per heavy atom. The van der Waals surface area contributed by atoms with Crippen molar-refractivity contribution in [2.45, 2.75) is 39.5 Å². The molecular weight excluding hydrogens is 546 g/mol. The van der Waals surface area contributed by atoms with Crippen molar-refractivity contribution in [2.75, 3.05) is 45.2 Å². The summed E-state index contributed by atoms with van der Waals surface area (Å²) in [6.45, 7) is 7.55. The smallest absolute Gasteiger partial charge is 0.338 e. The molecule has 3 rings (SSSR count). The number of unbranched alkanes of at least 4 members (excludes halogenated alkanes) is 2.